The summed E-state index contributed by atoms with van der Waals surface area (Å²) in [5.74, 6) is 5.97. The van der Waals surface area contributed by atoms with Crippen LogP contribution in [0.1, 0.15) is 20.8 Å². The third kappa shape index (κ3) is 2.14. The molecule has 0 aromatic carbocycles. The minimum atomic E-state index is 0.179. The molecule has 0 spiro atoms. The fourth-order valence-corrected chi connectivity index (χ4v) is 0.482. The van der Waals surface area contributed by atoms with Gasteiger partial charge in [0.05, 0.1) is 0 Å². The van der Waals surface area contributed by atoms with Crippen molar-refractivity contribution in [2.75, 3.05) is 0 Å². The molecule has 0 bridgehead atoms. The highest BCUT2D eigenvalue weighted by Gasteiger charge is 2.05. The average molecular weight is 144 g/mol. The number of nitrogens with two attached hydrogens (primary N) is 3. The maximum Gasteiger partial charge on any atom is 0.132 e. The van der Waals surface area contributed by atoms with E-state index < -0.39 is 0 Å². The second-order valence-electron chi connectivity index (χ2n) is 2.57. The van der Waals surface area contributed by atoms with Crippen molar-refractivity contribution < 1.29 is 0 Å². The summed E-state index contributed by atoms with van der Waals surface area (Å²) in [4.78, 5) is 0. The highest BCUT2D eigenvalue weighted by atomic mass is 15.4. The van der Waals surface area contributed by atoms with Gasteiger partial charge in [-0.2, -0.15) is 0 Å². The van der Waals surface area contributed by atoms with E-state index >= 15 is 0 Å². The van der Waals surface area contributed by atoms with Crippen LogP contribution in [0.15, 0.2) is 11.5 Å². The number of hydrogen-bond acceptors (Lipinski definition) is 4. The van der Waals surface area contributed by atoms with Crippen LogP contribution in [0.25, 0.3) is 0 Å². The van der Waals surface area contributed by atoms with Gasteiger partial charge in [-0.15, -0.1) is 0 Å². The van der Waals surface area contributed by atoms with Crippen molar-refractivity contribution in [3.8, 4) is 0 Å². The zero-order chi connectivity index (χ0) is 8.31. The van der Waals surface area contributed by atoms with Gasteiger partial charge < -0.3 is 11.5 Å². The lowest BCUT2D eigenvalue weighted by Gasteiger charge is -2.23. The highest BCUT2D eigenvalue weighted by molar-refractivity contribution is 5.02. The van der Waals surface area contributed by atoms with Crippen molar-refractivity contribution in [3.63, 3.8) is 0 Å². The summed E-state index contributed by atoms with van der Waals surface area (Å²) < 4.78 is 0. The van der Waals surface area contributed by atoms with Crippen LogP contribution in [0.2, 0.25) is 0 Å². The molecule has 0 radical (unpaired) electrons. The Bertz CT molecular complexity index is 135. The van der Waals surface area contributed by atoms with Crippen LogP contribution < -0.4 is 17.3 Å². The van der Waals surface area contributed by atoms with E-state index in [0.717, 1.165) is 0 Å². The molecule has 0 aromatic heterocycles. The molecule has 4 nitrogen and oxygen atoms in total. The quantitative estimate of drug-likeness (QED) is 0.366. The number of rotatable bonds is 2. The Labute approximate surface area is 61.6 Å². The summed E-state index contributed by atoms with van der Waals surface area (Å²) in [5, 5.41) is 1.44. The van der Waals surface area contributed by atoms with Gasteiger partial charge in [0.15, 0.2) is 0 Å². The van der Waals surface area contributed by atoms with Gasteiger partial charge in [0, 0.05) is 11.7 Å². The predicted octanol–water partition coefficient (Wildman–Crippen LogP) is -0.323. The van der Waals surface area contributed by atoms with Gasteiger partial charge in [0.2, 0.25) is 0 Å². The second kappa shape index (κ2) is 3.31. The summed E-state index contributed by atoms with van der Waals surface area (Å²) >= 11 is 0. The maximum absolute atomic E-state index is 5.53. The monoisotopic (exact) mass is 144 g/mol. The molecule has 0 atom stereocenters. The van der Waals surface area contributed by atoms with E-state index in [9.17, 15) is 0 Å². The third-order valence-electron chi connectivity index (χ3n) is 1.24. The van der Waals surface area contributed by atoms with Crippen LogP contribution in [0, 0.1) is 0 Å². The SMILES string of the molecule is C/C(N)=C(\N)N(N)C(C)C. The Hall–Kier alpha value is -0.900. The molecule has 0 aromatic rings. The molecule has 0 rings (SSSR count). The van der Waals surface area contributed by atoms with E-state index in [1.807, 2.05) is 13.8 Å². The van der Waals surface area contributed by atoms with Crippen LogP contribution in [0.5, 0.6) is 0 Å². The molecule has 0 aliphatic carbocycles. The van der Waals surface area contributed by atoms with Crippen LogP contribution in [0.4, 0.5) is 0 Å². The normalized spacial score (nSPS) is 13.3. The molecule has 4 heteroatoms. The molecule has 0 fully saturated rings. The Kier molecular flexibility index (Phi) is 3.02. The molecule has 0 aliphatic rings. The Balaban J connectivity index is 4.22. The Morgan fingerprint density at radius 1 is 1.30 bits per heavy atom. The van der Waals surface area contributed by atoms with Crippen molar-refractivity contribution >= 4 is 0 Å². The zero-order valence-electron chi connectivity index (χ0n) is 6.76. The summed E-state index contributed by atoms with van der Waals surface area (Å²) in [5.41, 5.74) is 11.5. The number of hydrazine groups is 1. The maximum atomic E-state index is 5.53. The summed E-state index contributed by atoms with van der Waals surface area (Å²) in [6.07, 6.45) is 0. The van der Waals surface area contributed by atoms with Crippen molar-refractivity contribution in [2.24, 2.45) is 17.3 Å². The molecule has 0 amide bonds. The molecule has 6 N–H and O–H groups in total. The summed E-state index contributed by atoms with van der Waals surface area (Å²) in [7, 11) is 0. The highest BCUT2D eigenvalue weighted by Crippen LogP contribution is 1.98. The molecule has 60 valence electrons. The van der Waals surface area contributed by atoms with Crippen molar-refractivity contribution in [1.82, 2.24) is 5.01 Å². The third-order valence-corrected chi connectivity index (χ3v) is 1.24. The molecule has 0 unspecified atom stereocenters. The molecule has 0 heterocycles. The minimum absolute atomic E-state index is 0.179. The molecular formula is C6H16N4. The van der Waals surface area contributed by atoms with E-state index in [1.165, 1.54) is 5.01 Å². The van der Waals surface area contributed by atoms with E-state index in [-0.39, 0.29) is 6.04 Å². The van der Waals surface area contributed by atoms with Gasteiger partial charge in [-0.1, -0.05) is 0 Å². The largest absolute Gasteiger partial charge is 0.399 e. The van der Waals surface area contributed by atoms with Gasteiger partial charge in [-0.3, -0.25) is 5.01 Å². The topological polar surface area (TPSA) is 81.3 Å². The lowest BCUT2D eigenvalue weighted by molar-refractivity contribution is 0.286. The fourth-order valence-electron chi connectivity index (χ4n) is 0.482. The van der Waals surface area contributed by atoms with Crippen LogP contribution in [-0.4, -0.2) is 11.1 Å². The lowest BCUT2D eigenvalue weighted by atomic mass is 10.3. The van der Waals surface area contributed by atoms with Gasteiger partial charge in [-0.05, 0) is 20.8 Å². The fraction of sp³-hybridized carbons (Fsp3) is 0.667. The van der Waals surface area contributed by atoms with E-state index in [4.69, 9.17) is 17.3 Å². The standard InChI is InChI=1S/C6H16N4/c1-4(2)10(9)6(8)5(3)7/h4H,7-9H2,1-3H3/b6-5-. The molecule has 0 saturated heterocycles. The average Bonchev–Trinajstić information content (AvgIpc) is 1.84. The summed E-state index contributed by atoms with van der Waals surface area (Å²) in [6, 6.07) is 0.179. The van der Waals surface area contributed by atoms with Gasteiger partial charge in [0.1, 0.15) is 5.82 Å². The number of allylic oxidation sites excluding steroid dienone is 1. The first kappa shape index (κ1) is 9.10. The second-order valence-corrected chi connectivity index (χ2v) is 2.57. The van der Waals surface area contributed by atoms with Crippen molar-refractivity contribution in [1.29, 1.82) is 0 Å². The smallest absolute Gasteiger partial charge is 0.132 e. The van der Waals surface area contributed by atoms with Gasteiger partial charge >= 0.3 is 0 Å². The zero-order valence-corrected chi connectivity index (χ0v) is 6.76. The van der Waals surface area contributed by atoms with E-state index in [1.54, 1.807) is 6.92 Å². The number of nitrogens with zero attached hydrogens (tertiary/aromatic N) is 1. The first-order valence-corrected chi connectivity index (χ1v) is 3.22. The molecular weight excluding hydrogens is 128 g/mol. The molecule has 0 saturated carbocycles. The molecule has 10 heavy (non-hydrogen) atoms. The summed E-state index contributed by atoms with van der Waals surface area (Å²) in [6.45, 7) is 5.60. The van der Waals surface area contributed by atoms with Gasteiger partial charge in [0.25, 0.3) is 0 Å². The first-order chi connectivity index (χ1) is 4.46. The van der Waals surface area contributed by atoms with Crippen LogP contribution in [-0.2, 0) is 0 Å². The van der Waals surface area contributed by atoms with Crippen LogP contribution >= 0.6 is 0 Å². The van der Waals surface area contributed by atoms with E-state index in [0.29, 0.717) is 11.5 Å². The Morgan fingerprint density at radius 2 is 1.70 bits per heavy atom. The lowest BCUT2D eigenvalue weighted by Crippen LogP contribution is -2.41. The van der Waals surface area contributed by atoms with Crippen molar-refractivity contribution in [3.05, 3.63) is 11.5 Å². The van der Waals surface area contributed by atoms with E-state index in [2.05, 4.69) is 0 Å². The first-order valence-electron chi connectivity index (χ1n) is 3.22. The number of hydrogen-bond donors (Lipinski definition) is 3. The van der Waals surface area contributed by atoms with Crippen LogP contribution in [0.3, 0.4) is 0 Å². The predicted molar refractivity (Wildman–Crippen MR) is 42.2 cm³/mol. The minimum Gasteiger partial charge on any atom is -0.399 e. The van der Waals surface area contributed by atoms with Crippen molar-refractivity contribution in [2.45, 2.75) is 26.8 Å². The Morgan fingerprint density at radius 3 is 1.80 bits per heavy atom. The molecule has 0 aliphatic heterocycles. The van der Waals surface area contributed by atoms with Gasteiger partial charge in [-0.25, -0.2) is 5.84 Å².